The Hall–Kier alpha value is -2.19. The maximum atomic E-state index is 12.6. The minimum atomic E-state index is -0.422. The summed E-state index contributed by atoms with van der Waals surface area (Å²) in [5.41, 5.74) is 1.21. The zero-order valence-corrected chi connectivity index (χ0v) is 17.6. The van der Waals surface area contributed by atoms with E-state index >= 15 is 0 Å². The average Bonchev–Trinajstić information content (AvgIpc) is 3.18. The average molecular weight is 408 g/mol. The van der Waals surface area contributed by atoms with Crippen LogP contribution in [0.15, 0.2) is 18.2 Å². The maximum Gasteiger partial charge on any atom is 0.323 e. The molecule has 1 saturated carbocycles. The summed E-state index contributed by atoms with van der Waals surface area (Å²) in [6.45, 7) is 5.42. The highest BCUT2D eigenvalue weighted by Gasteiger charge is 2.26. The predicted molar refractivity (Wildman–Crippen MR) is 112 cm³/mol. The van der Waals surface area contributed by atoms with Gasteiger partial charge in [0.2, 0.25) is 0 Å². The van der Waals surface area contributed by atoms with Gasteiger partial charge in [-0.05, 0) is 49.7 Å². The van der Waals surface area contributed by atoms with E-state index in [1.54, 1.807) is 13.2 Å². The van der Waals surface area contributed by atoms with Gasteiger partial charge in [-0.2, -0.15) is 0 Å². The van der Waals surface area contributed by atoms with Crippen LogP contribution in [0.5, 0.6) is 0 Å². The van der Waals surface area contributed by atoms with Crippen LogP contribution < -0.4 is 10.6 Å². The second-order valence-electron chi connectivity index (χ2n) is 7.93. The number of carbonyl (C=O) groups is 1. The van der Waals surface area contributed by atoms with E-state index in [9.17, 15) is 14.9 Å². The van der Waals surface area contributed by atoms with Gasteiger partial charge in [0.15, 0.2) is 0 Å². The SMILES string of the molecule is COCCNc1ccc(CNC(CC(C)C)C(=O)OC2CCCC2)cc1[N+](=O)[O-]. The van der Waals surface area contributed by atoms with Crippen molar-refractivity contribution in [2.75, 3.05) is 25.6 Å². The van der Waals surface area contributed by atoms with E-state index < -0.39 is 11.0 Å². The fourth-order valence-electron chi connectivity index (χ4n) is 3.50. The van der Waals surface area contributed by atoms with Crippen molar-refractivity contribution in [3.05, 3.63) is 33.9 Å². The molecule has 8 nitrogen and oxygen atoms in total. The first kappa shape index (κ1) is 23.1. The predicted octanol–water partition coefficient (Wildman–Crippen LogP) is 3.64. The third kappa shape index (κ3) is 7.62. The molecule has 1 atom stereocenters. The molecule has 162 valence electrons. The van der Waals surface area contributed by atoms with Gasteiger partial charge in [0.05, 0.1) is 11.5 Å². The van der Waals surface area contributed by atoms with Crippen LogP contribution in [0.25, 0.3) is 0 Å². The van der Waals surface area contributed by atoms with Crippen LogP contribution in [0.2, 0.25) is 0 Å². The molecule has 0 bridgehead atoms. The number of nitrogens with one attached hydrogen (secondary N) is 2. The first-order chi connectivity index (χ1) is 13.9. The zero-order chi connectivity index (χ0) is 21.2. The minimum Gasteiger partial charge on any atom is -0.461 e. The van der Waals surface area contributed by atoms with E-state index in [4.69, 9.17) is 9.47 Å². The van der Waals surface area contributed by atoms with Gasteiger partial charge in [0.25, 0.3) is 5.69 Å². The highest BCUT2D eigenvalue weighted by atomic mass is 16.6. The number of hydrogen-bond acceptors (Lipinski definition) is 7. The summed E-state index contributed by atoms with van der Waals surface area (Å²) in [6.07, 6.45) is 4.76. The lowest BCUT2D eigenvalue weighted by atomic mass is 10.0. The molecule has 1 aromatic carbocycles. The van der Waals surface area contributed by atoms with Crippen molar-refractivity contribution in [1.29, 1.82) is 0 Å². The molecule has 8 heteroatoms. The van der Waals surface area contributed by atoms with Crippen molar-refractivity contribution in [1.82, 2.24) is 5.32 Å². The number of hydrogen-bond donors (Lipinski definition) is 2. The molecule has 1 aromatic rings. The molecule has 1 fully saturated rings. The molecule has 0 aromatic heterocycles. The molecular weight excluding hydrogens is 374 g/mol. The van der Waals surface area contributed by atoms with Crippen LogP contribution >= 0.6 is 0 Å². The van der Waals surface area contributed by atoms with Gasteiger partial charge < -0.3 is 20.1 Å². The van der Waals surface area contributed by atoms with E-state index in [0.717, 1.165) is 31.2 Å². The highest BCUT2D eigenvalue weighted by Crippen LogP contribution is 2.26. The second kappa shape index (κ2) is 11.7. The lowest BCUT2D eigenvalue weighted by Crippen LogP contribution is -2.40. The number of carbonyl (C=O) groups excluding carboxylic acids is 1. The summed E-state index contributed by atoms with van der Waals surface area (Å²) in [7, 11) is 1.58. The third-order valence-electron chi connectivity index (χ3n) is 5.01. The molecule has 0 heterocycles. The van der Waals surface area contributed by atoms with E-state index in [1.165, 1.54) is 6.07 Å². The Labute approximate surface area is 172 Å². The zero-order valence-electron chi connectivity index (χ0n) is 17.6. The lowest BCUT2D eigenvalue weighted by Gasteiger charge is -2.22. The number of rotatable bonds is 12. The Balaban J connectivity index is 2.01. The number of nitro benzene ring substituents is 1. The fourth-order valence-corrected chi connectivity index (χ4v) is 3.50. The lowest BCUT2D eigenvalue weighted by molar-refractivity contribution is -0.384. The van der Waals surface area contributed by atoms with Crippen molar-refractivity contribution in [3.8, 4) is 0 Å². The monoisotopic (exact) mass is 407 g/mol. The smallest absolute Gasteiger partial charge is 0.323 e. The normalized spacial score (nSPS) is 15.4. The molecule has 1 unspecified atom stereocenters. The topological polar surface area (TPSA) is 103 Å². The number of anilines is 1. The van der Waals surface area contributed by atoms with Gasteiger partial charge in [-0.1, -0.05) is 19.9 Å². The van der Waals surface area contributed by atoms with Gasteiger partial charge in [-0.25, -0.2) is 0 Å². The quantitative estimate of drug-likeness (QED) is 0.236. The highest BCUT2D eigenvalue weighted by molar-refractivity contribution is 5.76. The van der Waals surface area contributed by atoms with E-state index in [2.05, 4.69) is 24.5 Å². The number of ether oxygens (including phenoxy) is 2. The Morgan fingerprint density at radius 3 is 2.66 bits per heavy atom. The van der Waals surface area contributed by atoms with Crippen molar-refractivity contribution >= 4 is 17.3 Å². The Morgan fingerprint density at radius 1 is 1.31 bits per heavy atom. The van der Waals surface area contributed by atoms with Gasteiger partial charge in [0, 0.05) is 26.3 Å². The number of nitrogens with zero attached hydrogens (tertiary/aromatic N) is 1. The second-order valence-corrected chi connectivity index (χ2v) is 7.93. The molecule has 2 rings (SSSR count). The Bertz CT molecular complexity index is 674. The number of benzene rings is 1. The standard InChI is InChI=1S/C21H33N3O5/c1-15(2)12-19(21(25)29-17-6-4-5-7-17)23-14-16-8-9-18(22-10-11-28-3)20(13-16)24(26)27/h8-9,13,15,17,19,22-23H,4-7,10-12,14H2,1-3H3. The summed E-state index contributed by atoms with van der Waals surface area (Å²) in [5, 5.41) is 17.7. The Morgan fingerprint density at radius 2 is 2.03 bits per heavy atom. The van der Waals surface area contributed by atoms with Crippen LogP contribution in [0, 0.1) is 16.0 Å². The van der Waals surface area contributed by atoms with Crippen LogP contribution in [0.3, 0.4) is 0 Å². The summed E-state index contributed by atoms with van der Waals surface area (Å²) in [5.74, 6) is 0.100. The summed E-state index contributed by atoms with van der Waals surface area (Å²) in [4.78, 5) is 23.6. The fraction of sp³-hybridized carbons (Fsp3) is 0.667. The summed E-state index contributed by atoms with van der Waals surface area (Å²) >= 11 is 0. The van der Waals surface area contributed by atoms with E-state index in [1.807, 2.05) is 6.07 Å². The summed E-state index contributed by atoms with van der Waals surface area (Å²) in [6, 6.07) is 4.63. The van der Waals surface area contributed by atoms with Gasteiger partial charge in [0.1, 0.15) is 17.8 Å². The molecule has 2 N–H and O–H groups in total. The van der Waals surface area contributed by atoms with Gasteiger partial charge >= 0.3 is 5.97 Å². The number of nitro groups is 1. The largest absolute Gasteiger partial charge is 0.461 e. The Kier molecular flexibility index (Phi) is 9.34. The van der Waals surface area contributed by atoms with Crippen LogP contribution in [0.4, 0.5) is 11.4 Å². The van der Waals surface area contributed by atoms with Crippen molar-refractivity contribution < 1.29 is 19.2 Å². The van der Waals surface area contributed by atoms with Gasteiger partial charge in [-0.15, -0.1) is 0 Å². The first-order valence-electron chi connectivity index (χ1n) is 10.3. The van der Waals surface area contributed by atoms with Crippen LogP contribution in [-0.2, 0) is 20.8 Å². The van der Waals surface area contributed by atoms with Crippen molar-refractivity contribution in [2.45, 2.75) is 64.6 Å². The van der Waals surface area contributed by atoms with E-state index in [0.29, 0.717) is 37.7 Å². The molecule has 0 radical (unpaired) electrons. The van der Waals surface area contributed by atoms with Crippen LogP contribution in [0.1, 0.15) is 51.5 Å². The molecule has 1 aliphatic rings. The molecule has 0 amide bonds. The number of methoxy groups -OCH3 is 1. The maximum absolute atomic E-state index is 12.6. The van der Waals surface area contributed by atoms with E-state index in [-0.39, 0.29) is 17.8 Å². The molecule has 0 saturated heterocycles. The van der Waals surface area contributed by atoms with Crippen molar-refractivity contribution in [2.24, 2.45) is 5.92 Å². The van der Waals surface area contributed by atoms with Gasteiger partial charge in [-0.3, -0.25) is 14.9 Å². The molecule has 29 heavy (non-hydrogen) atoms. The van der Waals surface area contributed by atoms with Crippen LogP contribution in [-0.4, -0.2) is 43.3 Å². The molecular formula is C21H33N3O5. The number of esters is 1. The third-order valence-corrected chi connectivity index (χ3v) is 5.01. The molecule has 1 aliphatic carbocycles. The first-order valence-corrected chi connectivity index (χ1v) is 10.3. The summed E-state index contributed by atoms with van der Waals surface area (Å²) < 4.78 is 10.6. The molecule has 0 aliphatic heterocycles. The minimum absolute atomic E-state index is 0.00865. The van der Waals surface area contributed by atoms with Crippen molar-refractivity contribution in [3.63, 3.8) is 0 Å². The molecule has 0 spiro atoms.